The first-order valence-electron chi connectivity index (χ1n) is 9.32. The lowest BCUT2D eigenvalue weighted by molar-refractivity contribution is 0.100. The van der Waals surface area contributed by atoms with Crippen molar-refractivity contribution in [1.82, 2.24) is 9.88 Å². The van der Waals surface area contributed by atoms with E-state index in [9.17, 15) is 4.79 Å². The second kappa shape index (κ2) is 6.72. The van der Waals surface area contributed by atoms with E-state index in [0.717, 1.165) is 52.8 Å². The zero-order valence-electron chi connectivity index (χ0n) is 16.2. The van der Waals surface area contributed by atoms with E-state index >= 15 is 4.39 Å². The Morgan fingerprint density at radius 1 is 1.32 bits per heavy atom. The highest BCUT2D eigenvalue weighted by Gasteiger charge is 2.25. The number of primary amides is 1. The van der Waals surface area contributed by atoms with Gasteiger partial charge in [0.25, 0.3) is 5.91 Å². The zero-order chi connectivity index (χ0) is 20.0. The van der Waals surface area contributed by atoms with Crippen molar-refractivity contribution in [3.8, 4) is 23.1 Å². The summed E-state index contributed by atoms with van der Waals surface area (Å²) < 4.78 is 15.3. The third-order valence-corrected chi connectivity index (χ3v) is 5.60. The summed E-state index contributed by atoms with van der Waals surface area (Å²) in [5, 5.41) is 0.732. The monoisotopic (exact) mass is 375 g/mol. The van der Waals surface area contributed by atoms with Crippen molar-refractivity contribution in [2.75, 3.05) is 6.54 Å². The Kier molecular flexibility index (Phi) is 4.35. The van der Waals surface area contributed by atoms with Gasteiger partial charge in [-0.2, -0.15) is 0 Å². The molecule has 3 N–H and O–H groups in total. The molecule has 0 aliphatic carbocycles. The van der Waals surface area contributed by atoms with Crippen LogP contribution >= 0.6 is 0 Å². The molecular formula is C23H22FN3O. The lowest BCUT2D eigenvalue weighted by Gasteiger charge is -2.27. The summed E-state index contributed by atoms with van der Waals surface area (Å²) in [5.41, 5.74) is 11.8. The molecule has 1 aromatic heterocycles. The number of halogens is 1. The van der Waals surface area contributed by atoms with Crippen molar-refractivity contribution in [3.05, 3.63) is 58.0 Å². The molecule has 5 heteroatoms. The molecule has 2 heterocycles. The van der Waals surface area contributed by atoms with E-state index in [1.807, 2.05) is 32.9 Å². The van der Waals surface area contributed by atoms with Gasteiger partial charge in [0, 0.05) is 29.2 Å². The fourth-order valence-corrected chi connectivity index (χ4v) is 4.18. The number of benzene rings is 2. The smallest absolute Gasteiger partial charge is 0.250 e. The van der Waals surface area contributed by atoms with Crippen molar-refractivity contribution in [3.63, 3.8) is 0 Å². The predicted molar refractivity (Wildman–Crippen MR) is 109 cm³/mol. The van der Waals surface area contributed by atoms with Gasteiger partial charge in [0.15, 0.2) is 0 Å². The van der Waals surface area contributed by atoms with E-state index in [4.69, 9.17) is 5.73 Å². The lowest BCUT2D eigenvalue weighted by Crippen LogP contribution is -2.26. The van der Waals surface area contributed by atoms with Gasteiger partial charge < -0.3 is 15.6 Å². The first kappa shape index (κ1) is 18.1. The third-order valence-electron chi connectivity index (χ3n) is 5.60. The fourth-order valence-electron chi connectivity index (χ4n) is 4.18. The summed E-state index contributed by atoms with van der Waals surface area (Å²) >= 11 is 0. The number of amides is 1. The molecular weight excluding hydrogens is 353 g/mol. The molecule has 0 fully saturated rings. The van der Waals surface area contributed by atoms with Crippen LogP contribution in [0.4, 0.5) is 4.39 Å². The maximum atomic E-state index is 15.3. The topological polar surface area (TPSA) is 62.1 Å². The van der Waals surface area contributed by atoms with Gasteiger partial charge in [0.2, 0.25) is 0 Å². The number of aromatic nitrogens is 1. The number of hydrogen-bond donors (Lipinski definition) is 2. The van der Waals surface area contributed by atoms with Gasteiger partial charge in [-0.1, -0.05) is 24.1 Å². The van der Waals surface area contributed by atoms with Gasteiger partial charge in [0.05, 0.1) is 17.6 Å². The molecule has 3 aromatic rings. The molecule has 142 valence electrons. The highest BCUT2D eigenvalue weighted by molar-refractivity contribution is 6.11. The average Bonchev–Trinajstić information content (AvgIpc) is 2.96. The minimum absolute atomic E-state index is 0.182. The zero-order valence-corrected chi connectivity index (χ0v) is 16.2. The number of nitrogens with two attached hydrogens (primary N) is 1. The molecule has 0 saturated heterocycles. The number of fused-ring (bicyclic) bond motifs is 2. The van der Waals surface area contributed by atoms with E-state index in [0.29, 0.717) is 11.1 Å². The van der Waals surface area contributed by atoms with Crippen molar-refractivity contribution in [2.45, 2.75) is 33.7 Å². The first-order valence-corrected chi connectivity index (χ1v) is 9.32. The number of H-pyrrole nitrogens is 1. The molecule has 2 aromatic carbocycles. The van der Waals surface area contributed by atoms with E-state index in [1.54, 1.807) is 0 Å². The second-order valence-electron chi connectivity index (χ2n) is 7.25. The summed E-state index contributed by atoms with van der Waals surface area (Å²) in [6.07, 6.45) is 0.793. The van der Waals surface area contributed by atoms with Crippen LogP contribution in [-0.2, 0) is 13.0 Å². The number of rotatable bonds is 2. The molecule has 28 heavy (non-hydrogen) atoms. The van der Waals surface area contributed by atoms with Crippen LogP contribution in [0.3, 0.4) is 0 Å². The van der Waals surface area contributed by atoms with Crippen LogP contribution in [0.2, 0.25) is 0 Å². The predicted octanol–water partition coefficient (Wildman–Crippen LogP) is 4.03. The number of aryl methyl sites for hydroxylation is 2. The standard InChI is InChI=1S/C23H22FN3O/c1-4-9-27-10-8-16-15(12-27)6-5-7-17(16)21-19(24)11-18(23(25)28)22-20(21)13(2)14(3)26-22/h5-7,11,26H,8,10,12H2,1-3H3,(H2,25,28). The number of aromatic amines is 1. The van der Waals surface area contributed by atoms with E-state index in [2.05, 4.69) is 27.9 Å². The molecule has 4 rings (SSSR count). The van der Waals surface area contributed by atoms with Crippen LogP contribution in [-0.4, -0.2) is 22.3 Å². The van der Waals surface area contributed by atoms with Gasteiger partial charge in [-0.25, -0.2) is 4.39 Å². The Morgan fingerprint density at radius 3 is 2.82 bits per heavy atom. The summed E-state index contributed by atoms with van der Waals surface area (Å²) in [4.78, 5) is 17.2. The highest BCUT2D eigenvalue weighted by atomic mass is 19.1. The van der Waals surface area contributed by atoms with Crippen molar-refractivity contribution in [2.24, 2.45) is 5.73 Å². The largest absolute Gasteiger partial charge is 0.366 e. The Labute approximate surface area is 163 Å². The number of nitrogens with zero attached hydrogens (tertiary/aromatic N) is 1. The van der Waals surface area contributed by atoms with Crippen molar-refractivity contribution >= 4 is 16.8 Å². The summed E-state index contributed by atoms with van der Waals surface area (Å²) in [7, 11) is 0. The minimum Gasteiger partial charge on any atom is -0.366 e. The minimum atomic E-state index is -0.638. The average molecular weight is 375 g/mol. The maximum Gasteiger partial charge on any atom is 0.250 e. The van der Waals surface area contributed by atoms with Gasteiger partial charge in [-0.3, -0.25) is 4.79 Å². The number of nitrogens with one attached hydrogen (secondary N) is 1. The van der Waals surface area contributed by atoms with E-state index < -0.39 is 11.7 Å². The van der Waals surface area contributed by atoms with Gasteiger partial charge in [0.1, 0.15) is 5.82 Å². The maximum absolute atomic E-state index is 15.3. The molecule has 1 amide bonds. The SMILES string of the molecule is CC#CN1CCc2c(cccc2-c2c(F)cc(C(N)=O)c3[nH]c(C)c(C)c23)C1. The van der Waals surface area contributed by atoms with Crippen LogP contribution in [0.25, 0.3) is 22.0 Å². The molecule has 1 aliphatic rings. The Balaban J connectivity index is 2.00. The fraction of sp³-hybridized carbons (Fsp3) is 0.261. The van der Waals surface area contributed by atoms with Crippen LogP contribution in [0.5, 0.6) is 0 Å². The normalized spacial score (nSPS) is 13.2. The number of hydrogen-bond acceptors (Lipinski definition) is 2. The summed E-state index contributed by atoms with van der Waals surface area (Å²) in [5.74, 6) is 1.88. The number of carbonyl (C=O) groups is 1. The first-order chi connectivity index (χ1) is 13.4. The third kappa shape index (κ3) is 2.73. The van der Waals surface area contributed by atoms with Crippen LogP contribution in [0.1, 0.15) is 39.7 Å². The molecule has 0 radical (unpaired) electrons. The molecule has 0 saturated carbocycles. The summed E-state index contributed by atoms with van der Waals surface area (Å²) in [6.45, 7) is 7.22. The van der Waals surface area contributed by atoms with Crippen LogP contribution < -0.4 is 5.73 Å². The Bertz CT molecular complexity index is 1180. The van der Waals surface area contributed by atoms with Gasteiger partial charge in [-0.15, -0.1) is 0 Å². The highest BCUT2D eigenvalue weighted by Crippen LogP contribution is 2.40. The quantitative estimate of drug-likeness (QED) is 0.665. The summed E-state index contributed by atoms with van der Waals surface area (Å²) in [6, 6.07) is 10.4. The van der Waals surface area contributed by atoms with Crippen LogP contribution in [0.15, 0.2) is 24.3 Å². The number of carbonyl (C=O) groups excluding carboxylic acids is 1. The van der Waals surface area contributed by atoms with E-state index in [-0.39, 0.29) is 5.56 Å². The second-order valence-corrected chi connectivity index (χ2v) is 7.25. The lowest BCUT2D eigenvalue weighted by atomic mass is 9.87. The van der Waals surface area contributed by atoms with Crippen LogP contribution in [0, 0.1) is 31.6 Å². The molecule has 0 atom stereocenters. The molecule has 4 nitrogen and oxygen atoms in total. The Hall–Kier alpha value is -3.26. The van der Waals surface area contributed by atoms with Crippen molar-refractivity contribution in [1.29, 1.82) is 0 Å². The Morgan fingerprint density at radius 2 is 2.11 bits per heavy atom. The molecule has 0 unspecified atom stereocenters. The van der Waals surface area contributed by atoms with Crippen molar-refractivity contribution < 1.29 is 9.18 Å². The van der Waals surface area contributed by atoms with E-state index in [1.165, 1.54) is 6.07 Å². The molecule has 1 aliphatic heterocycles. The van der Waals surface area contributed by atoms with Gasteiger partial charge >= 0.3 is 0 Å². The molecule has 0 spiro atoms. The van der Waals surface area contributed by atoms with Gasteiger partial charge in [-0.05, 0) is 55.5 Å². The molecule has 0 bridgehead atoms.